The van der Waals surface area contributed by atoms with Gasteiger partial charge in [-0.05, 0) is 19.8 Å². The molecular weight excluding hydrogens is 222 g/mol. The van der Waals surface area contributed by atoms with Crippen molar-refractivity contribution in [3.63, 3.8) is 0 Å². The van der Waals surface area contributed by atoms with Gasteiger partial charge in [0.1, 0.15) is 0 Å². The third-order valence-corrected chi connectivity index (χ3v) is 2.60. The van der Waals surface area contributed by atoms with E-state index in [0.717, 1.165) is 19.4 Å². The van der Waals surface area contributed by atoms with Gasteiger partial charge in [0.25, 0.3) is 0 Å². The molecule has 1 rings (SSSR count). The first-order valence-electron chi connectivity index (χ1n) is 4.22. The lowest BCUT2D eigenvalue weighted by Crippen LogP contribution is -2.40. The molecule has 70 valence electrons. The van der Waals surface area contributed by atoms with E-state index in [1.807, 2.05) is 6.92 Å². The van der Waals surface area contributed by atoms with Crippen molar-refractivity contribution in [1.29, 1.82) is 0 Å². The number of aliphatic hydroxyl groups is 1. The highest BCUT2D eigenvalue weighted by Gasteiger charge is 2.29. The van der Waals surface area contributed by atoms with Crippen molar-refractivity contribution in [1.82, 2.24) is 4.90 Å². The SMILES string of the molecule is CC(Br)C(=O)N1CCCC1CO. The Hall–Kier alpha value is -0.0900. The highest BCUT2D eigenvalue weighted by Crippen LogP contribution is 2.19. The van der Waals surface area contributed by atoms with Crippen LogP contribution in [0.1, 0.15) is 19.8 Å². The number of amides is 1. The monoisotopic (exact) mass is 235 g/mol. The van der Waals surface area contributed by atoms with Crippen LogP contribution in [-0.4, -0.2) is 39.9 Å². The van der Waals surface area contributed by atoms with Crippen LogP contribution in [0.2, 0.25) is 0 Å². The van der Waals surface area contributed by atoms with E-state index in [0.29, 0.717) is 0 Å². The first kappa shape index (κ1) is 9.99. The molecule has 1 N–H and O–H groups in total. The van der Waals surface area contributed by atoms with E-state index < -0.39 is 0 Å². The predicted octanol–water partition coefficient (Wildman–Crippen LogP) is 0.753. The van der Waals surface area contributed by atoms with E-state index in [4.69, 9.17) is 5.11 Å². The van der Waals surface area contributed by atoms with E-state index in [2.05, 4.69) is 15.9 Å². The summed E-state index contributed by atoms with van der Waals surface area (Å²) >= 11 is 3.23. The normalized spacial score (nSPS) is 25.9. The molecular formula is C8H14BrNO2. The zero-order chi connectivity index (χ0) is 9.14. The van der Waals surface area contributed by atoms with Gasteiger partial charge in [0.05, 0.1) is 17.5 Å². The van der Waals surface area contributed by atoms with Gasteiger partial charge in [-0.3, -0.25) is 4.79 Å². The first-order valence-corrected chi connectivity index (χ1v) is 5.13. The summed E-state index contributed by atoms with van der Waals surface area (Å²) in [6, 6.07) is 0.0532. The molecule has 0 saturated carbocycles. The minimum atomic E-state index is -0.135. The highest BCUT2D eigenvalue weighted by atomic mass is 79.9. The average Bonchev–Trinajstić information content (AvgIpc) is 2.49. The molecule has 2 unspecified atom stereocenters. The smallest absolute Gasteiger partial charge is 0.236 e. The molecule has 4 heteroatoms. The Morgan fingerprint density at radius 1 is 1.83 bits per heavy atom. The van der Waals surface area contributed by atoms with Crippen LogP contribution in [0, 0.1) is 0 Å². The summed E-state index contributed by atoms with van der Waals surface area (Å²) in [6.07, 6.45) is 1.94. The fourth-order valence-electron chi connectivity index (χ4n) is 1.54. The van der Waals surface area contributed by atoms with Crippen LogP contribution in [0.4, 0.5) is 0 Å². The Labute approximate surface area is 80.9 Å². The second-order valence-corrected chi connectivity index (χ2v) is 4.50. The first-order chi connectivity index (χ1) is 5.66. The fraction of sp³-hybridized carbons (Fsp3) is 0.875. The molecule has 0 aromatic rings. The lowest BCUT2D eigenvalue weighted by Gasteiger charge is -2.24. The molecule has 0 aliphatic carbocycles. The molecule has 0 spiro atoms. The molecule has 1 saturated heterocycles. The minimum Gasteiger partial charge on any atom is -0.394 e. The largest absolute Gasteiger partial charge is 0.394 e. The maximum absolute atomic E-state index is 11.5. The maximum Gasteiger partial charge on any atom is 0.236 e. The summed E-state index contributed by atoms with van der Waals surface area (Å²) in [4.78, 5) is 13.1. The van der Waals surface area contributed by atoms with Gasteiger partial charge in [0.2, 0.25) is 5.91 Å². The topological polar surface area (TPSA) is 40.5 Å². The Bertz CT molecular complexity index is 172. The Morgan fingerprint density at radius 2 is 2.50 bits per heavy atom. The van der Waals surface area contributed by atoms with Crippen LogP contribution in [0.25, 0.3) is 0 Å². The van der Waals surface area contributed by atoms with E-state index in [-0.39, 0.29) is 23.4 Å². The van der Waals surface area contributed by atoms with Crippen molar-refractivity contribution in [3.05, 3.63) is 0 Å². The quantitative estimate of drug-likeness (QED) is 0.719. The Kier molecular flexibility index (Phi) is 3.53. The van der Waals surface area contributed by atoms with Crippen LogP contribution in [0.5, 0.6) is 0 Å². The molecule has 0 radical (unpaired) electrons. The number of carbonyl (C=O) groups excluding carboxylic acids is 1. The second-order valence-electron chi connectivity index (χ2n) is 3.13. The van der Waals surface area contributed by atoms with Crippen LogP contribution >= 0.6 is 15.9 Å². The third-order valence-electron chi connectivity index (χ3n) is 2.21. The number of rotatable bonds is 2. The van der Waals surface area contributed by atoms with E-state index in [1.54, 1.807) is 4.90 Å². The van der Waals surface area contributed by atoms with Crippen molar-refractivity contribution in [2.75, 3.05) is 13.2 Å². The van der Waals surface area contributed by atoms with Crippen molar-refractivity contribution in [2.24, 2.45) is 0 Å². The van der Waals surface area contributed by atoms with Gasteiger partial charge in [-0.15, -0.1) is 0 Å². The summed E-state index contributed by atoms with van der Waals surface area (Å²) in [5, 5.41) is 8.96. The van der Waals surface area contributed by atoms with Gasteiger partial charge in [-0.2, -0.15) is 0 Å². The molecule has 1 amide bonds. The average molecular weight is 236 g/mol. The van der Waals surface area contributed by atoms with Gasteiger partial charge in [0.15, 0.2) is 0 Å². The predicted molar refractivity (Wildman–Crippen MR) is 50.2 cm³/mol. The number of likely N-dealkylation sites (tertiary alicyclic amines) is 1. The lowest BCUT2D eigenvalue weighted by molar-refractivity contribution is -0.131. The lowest BCUT2D eigenvalue weighted by atomic mass is 10.2. The molecule has 1 aliphatic rings. The molecule has 0 aromatic heterocycles. The van der Waals surface area contributed by atoms with Crippen molar-refractivity contribution in [3.8, 4) is 0 Å². The molecule has 1 fully saturated rings. The Balaban J connectivity index is 2.55. The molecule has 0 bridgehead atoms. The maximum atomic E-state index is 11.5. The summed E-state index contributed by atoms with van der Waals surface area (Å²) < 4.78 is 0. The zero-order valence-corrected chi connectivity index (χ0v) is 8.75. The van der Waals surface area contributed by atoms with Crippen LogP contribution in [-0.2, 0) is 4.79 Å². The number of alkyl halides is 1. The molecule has 2 atom stereocenters. The van der Waals surface area contributed by atoms with Crippen LogP contribution in [0.15, 0.2) is 0 Å². The Morgan fingerprint density at radius 3 is 3.00 bits per heavy atom. The summed E-state index contributed by atoms with van der Waals surface area (Å²) in [6.45, 7) is 2.69. The van der Waals surface area contributed by atoms with Gasteiger partial charge in [0, 0.05) is 6.54 Å². The fourth-order valence-corrected chi connectivity index (χ4v) is 1.81. The zero-order valence-electron chi connectivity index (χ0n) is 7.16. The number of nitrogens with zero attached hydrogens (tertiary/aromatic N) is 1. The van der Waals surface area contributed by atoms with E-state index in [1.165, 1.54) is 0 Å². The second kappa shape index (κ2) is 4.23. The van der Waals surface area contributed by atoms with Gasteiger partial charge >= 0.3 is 0 Å². The number of halogens is 1. The number of hydrogen-bond donors (Lipinski definition) is 1. The van der Waals surface area contributed by atoms with Crippen molar-refractivity contribution >= 4 is 21.8 Å². The summed E-state index contributed by atoms with van der Waals surface area (Å²) in [7, 11) is 0. The number of hydrogen-bond acceptors (Lipinski definition) is 2. The third kappa shape index (κ3) is 1.98. The molecule has 0 aromatic carbocycles. The van der Waals surface area contributed by atoms with E-state index >= 15 is 0 Å². The molecule has 12 heavy (non-hydrogen) atoms. The molecule has 1 heterocycles. The van der Waals surface area contributed by atoms with Crippen LogP contribution < -0.4 is 0 Å². The van der Waals surface area contributed by atoms with Crippen molar-refractivity contribution < 1.29 is 9.90 Å². The number of aliphatic hydroxyl groups excluding tert-OH is 1. The minimum absolute atomic E-state index is 0.0532. The van der Waals surface area contributed by atoms with E-state index in [9.17, 15) is 4.79 Å². The van der Waals surface area contributed by atoms with Gasteiger partial charge < -0.3 is 10.0 Å². The summed E-state index contributed by atoms with van der Waals surface area (Å²) in [5.74, 6) is 0.0894. The summed E-state index contributed by atoms with van der Waals surface area (Å²) in [5.41, 5.74) is 0. The molecule has 3 nitrogen and oxygen atoms in total. The highest BCUT2D eigenvalue weighted by molar-refractivity contribution is 9.10. The van der Waals surface area contributed by atoms with Crippen LogP contribution in [0.3, 0.4) is 0 Å². The standard InChI is InChI=1S/C8H14BrNO2/c1-6(9)8(12)10-4-2-3-7(10)5-11/h6-7,11H,2-5H2,1H3. The van der Waals surface area contributed by atoms with Gasteiger partial charge in [-0.25, -0.2) is 0 Å². The molecule has 1 aliphatic heterocycles. The number of carbonyl (C=O) groups is 1. The van der Waals surface area contributed by atoms with Gasteiger partial charge in [-0.1, -0.05) is 15.9 Å². The van der Waals surface area contributed by atoms with Crippen molar-refractivity contribution in [2.45, 2.75) is 30.6 Å².